The van der Waals surface area contributed by atoms with Gasteiger partial charge in [-0.2, -0.15) is 0 Å². The number of hydrogen-bond acceptors (Lipinski definition) is 4. The Morgan fingerprint density at radius 1 is 1.25 bits per heavy atom. The molecular weight excluding hydrogens is 258 g/mol. The van der Waals surface area contributed by atoms with Crippen LogP contribution in [-0.2, 0) is 11.3 Å². The molecule has 0 aliphatic rings. The molecule has 112 valence electrons. The number of benzene rings is 1. The van der Waals surface area contributed by atoms with E-state index in [1.54, 1.807) is 19.2 Å². The molecule has 1 rings (SSSR count). The average molecular weight is 281 g/mol. The SMILES string of the molecule is COCCCCOc1cc(CN(C)C)ccc1C(=O)O. The Morgan fingerprint density at radius 3 is 2.55 bits per heavy atom. The number of methoxy groups -OCH3 is 1. The van der Waals surface area contributed by atoms with Gasteiger partial charge in [0.05, 0.1) is 6.61 Å². The van der Waals surface area contributed by atoms with Gasteiger partial charge >= 0.3 is 5.97 Å². The molecule has 0 amide bonds. The van der Waals surface area contributed by atoms with Crippen molar-refractivity contribution in [3.05, 3.63) is 29.3 Å². The fourth-order valence-corrected chi connectivity index (χ4v) is 1.86. The molecule has 20 heavy (non-hydrogen) atoms. The molecule has 0 atom stereocenters. The topological polar surface area (TPSA) is 59.0 Å². The Morgan fingerprint density at radius 2 is 1.95 bits per heavy atom. The zero-order valence-electron chi connectivity index (χ0n) is 12.4. The second-order valence-corrected chi connectivity index (χ2v) is 4.92. The lowest BCUT2D eigenvalue weighted by molar-refractivity contribution is 0.0692. The highest BCUT2D eigenvalue weighted by Gasteiger charge is 2.12. The van der Waals surface area contributed by atoms with Crippen molar-refractivity contribution in [2.24, 2.45) is 0 Å². The second-order valence-electron chi connectivity index (χ2n) is 4.92. The minimum atomic E-state index is -0.965. The first-order valence-corrected chi connectivity index (χ1v) is 6.67. The summed E-state index contributed by atoms with van der Waals surface area (Å²) in [5, 5.41) is 9.17. The number of carboxylic acids is 1. The summed E-state index contributed by atoms with van der Waals surface area (Å²) in [6.45, 7) is 1.94. The third-order valence-electron chi connectivity index (χ3n) is 2.78. The zero-order valence-corrected chi connectivity index (χ0v) is 12.4. The number of aromatic carboxylic acids is 1. The number of carbonyl (C=O) groups is 1. The summed E-state index contributed by atoms with van der Waals surface area (Å²) < 4.78 is 10.6. The van der Waals surface area contributed by atoms with Gasteiger partial charge in [0.2, 0.25) is 0 Å². The molecule has 0 fully saturated rings. The van der Waals surface area contributed by atoms with Crippen LogP contribution in [0.5, 0.6) is 5.75 Å². The summed E-state index contributed by atoms with van der Waals surface area (Å²) in [6.07, 6.45) is 1.74. The zero-order chi connectivity index (χ0) is 15.0. The van der Waals surface area contributed by atoms with Crippen molar-refractivity contribution in [3.8, 4) is 5.75 Å². The van der Waals surface area contributed by atoms with E-state index < -0.39 is 5.97 Å². The summed E-state index contributed by atoms with van der Waals surface area (Å²) in [5.74, 6) is -0.525. The van der Waals surface area contributed by atoms with E-state index in [1.165, 1.54) is 0 Å². The quantitative estimate of drug-likeness (QED) is 0.704. The Hall–Kier alpha value is -1.59. The summed E-state index contributed by atoms with van der Waals surface area (Å²) in [6, 6.07) is 5.23. The maximum absolute atomic E-state index is 11.2. The van der Waals surface area contributed by atoms with E-state index in [4.69, 9.17) is 14.6 Å². The Balaban J connectivity index is 2.70. The lowest BCUT2D eigenvalue weighted by Gasteiger charge is -2.13. The van der Waals surface area contributed by atoms with Gasteiger partial charge in [-0.25, -0.2) is 4.79 Å². The Labute approximate surface area is 120 Å². The van der Waals surface area contributed by atoms with E-state index >= 15 is 0 Å². The van der Waals surface area contributed by atoms with E-state index in [0.717, 1.165) is 24.9 Å². The average Bonchev–Trinajstić information content (AvgIpc) is 2.37. The molecule has 0 aliphatic heterocycles. The van der Waals surface area contributed by atoms with Crippen LogP contribution in [0.4, 0.5) is 0 Å². The van der Waals surface area contributed by atoms with Crippen molar-refractivity contribution in [3.63, 3.8) is 0 Å². The van der Waals surface area contributed by atoms with Crippen LogP contribution in [0.25, 0.3) is 0 Å². The van der Waals surface area contributed by atoms with Crippen molar-refractivity contribution in [2.45, 2.75) is 19.4 Å². The molecule has 0 unspecified atom stereocenters. The third kappa shape index (κ3) is 5.59. The van der Waals surface area contributed by atoms with Crippen LogP contribution in [0.2, 0.25) is 0 Å². The predicted octanol–water partition coefficient (Wildman–Crippen LogP) is 2.25. The first-order chi connectivity index (χ1) is 9.54. The van der Waals surface area contributed by atoms with Gasteiger partial charge in [-0.05, 0) is 44.6 Å². The van der Waals surface area contributed by atoms with Gasteiger partial charge in [-0.15, -0.1) is 0 Å². The van der Waals surface area contributed by atoms with Gasteiger partial charge in [0, 0.05) is 20.3 Å². The molecule has 1 N–H and O–H groups in total. The van der Waals surface area contributed by atoms with E-state index in [1.807, 2.05) is 25.1 Å². The molecular formula is C15H23NO4. The number of unbranched alkanes of at least 4 members (excludes halogenated alkanes) is 1. The van der Waals surface area contributed by atoms with E-state index in [9.17, 15) is 4.79 Å². The molecule has 0 spiro atoms. The molecule has 0 bridgehead atoms. The fourth-order valence-electron chi connectivity index (χ4n) is 1.86. The van der Waals surface area contributed by atoms with Crippen molar-refractivity contribution < 1.29 is 19.4 Å². The summed E-state index contributed by atoms with van der Waals surface area (Å²) in [5.41, 5.74) is 1.24. The van der Waals surface area contributed by atoms with Crippen LogP contribution in [0, 0.1) is 0 Å². The van der Waals surface area contributed by atoms with Crippen molar-refractivity contribution >= 4 is 5.97 Å². The molecule has 1 aromatic carbocycles. The largest absolute Gasteiger partial charge is 0.493 e. The fraction of sp³-hybridized carbons (Fsp3) is 0.533. The number of hydrogen-bond donors (Lipinski definition) is 1. The van der Waals surface area contributed by atoms with Crippen LogP contribution in [0.1, 0.15) is 28.8 Å². The van der Waals surface area contributed by atoms with Crippen molar-refractivity contribution in [1.29, 1.82) is 0 Å². The van der Waals surface area contributed by atoms with E-state index in [2.05, 4.69) is 0 Å². The minimum Gasteiger partial charge on any atom is -0.493 e. The monoisotopic (exact) mass is 281 g/mol. The first-order valence-electron chi connectivity index (χ1n) is 6.67. The van der Waals surface area contributed by atoms with Gasteiger partial charge in [0.15, 0.2) is 0 Å². The predicted molar refractivity (Wildman–Crippen MR) is 77.4 cm³/mol. The van der Waals surface area contributed by atoms with Crippen LogP contribution < -0.4 is 4.74 Å². The van der Waals surface area contributed by atoms with Crippen LogP contribution >= 0.6 is 0 Å². The van der Waals surface area contributed by atoms with Gasteiger partial charge in [-0.3, -0.25) is 0 Å². The summed E-state index contributed by atoms with van der Waals surface area (Å²) in [7, 11) is 5.60. The lowest BCUT2D eigenvalue weighted by atomic mass is 10.1. The standard InChI is InChI=1S/C15H23NO4/c1-16(2)11-12-6-7-13(15(17)18)14(10-12)20-9-5-4-8-19-3/h6-7,10H,4-5,8-9,11H2,1-3H3,(H,17,18). The molecule has 0 aromatic heterocycles. The van der Waals surface area contributed by atoms with Gasteiger partial charge in [0.1, 0.15) is 11.3 Å². The summed E-state index contributed by atoms with van der Waals surface area (Å²) in [4.78, 5) is 13.2. The van der Waals surface area contributed by atoms with Crippen molar-refractivity contribution in [1.82, 2.24) is 4.90 Å². The van der Waals surface area contributed by atoms with Crippen LogP contribution in [0.15, 0.2) is 18.2 Å². The highest BCUT2D eigenvalue weighted by Crippen LogP contribution is 2.21. The number of ether oxygens (including phenoxy) is 2. The molecule has 5 heteroatoms. The molecule has 0 saturated carbocycles. The normalized spacial score (nSPS) is 10.8. The second kappa shape index (κ2) is 8.55. The number of nitrogens with zero attached hydrogens (tertiary/aromatic N) is 1. The van der Waals surface area contributed by atoms with Crippen molar-refractivity contribution in [2.75, 3.05) is 34.4 Å². The highest BCUT2D eigenvalue weighted by atomic mass is 16.5. The molecule has 0 aliphatic carbocycles. The number of rotatable bonds is 9. The summed E-state index contributed by atoms with van der Waals surface area (Å²) >= 11 is 0. The molecule has 0 heterocycles. The Kier molecular flexibility index (Phi) is 7.04. The Bertz CT molecular complexity index is 432. The van der Waals surface area contributed by atoms with Crippen LogP contribution in [-0.4, -0.2) is 50.4 Å². The molecule has 1 aromatic rings. The molecule has 5 nitrogen and oxygen atoms in total. The lowest BCUT2D eigenvalue weighted by Crippen LogP contribution is -2.12. The molecule has 0 saturated heterocycles. The van der Waals surface area contributed by atoms with E-state index in [0.29, 0.717) is 19.0 Å². The minimum absolute atomic E-state index is 0.208. The number of carboxylic acid groups (broad SMARTS) is 1. The van der Waals surface area contributed by atoms with Gasteiger partial charge in [-0.1, -0.05) is 6.07 Å². The first kappa shape index (κ1) is 16.5. The molecule has 0 radical (unpaired) electrons. The van der Waals surface area contributed by atoms with Gasteiger partial charge in [0.25, 0.3) is 0 Å². The van der Waals surface area contributed by atoms with Gasteiger partial charge < -0.3 is 19.5 Å². The maximum atomic E-state index is 11.2. The maximum Gasteiger partial charge on any atom is 0.339 e. The smallest absolute Gasteiger partial charge is 0.339 e. The third-order valence-corrected chi connectivity index (χ3v) is 2.78. The van der Waals surface area contributed by atoms with Crippen LogP contribution in [0.3, 0.4) is 0 Å². The highest BCUT2D eigenvalue weighted by molar-refractivity contribution is 5.90. The van der Waals surface area contributed by atoms with E-state index in [-0.39, 0.29) is 5.56 Å².